The first-order valence-electron chi connectivity index (χ1n) is 6.22. The van der Waals surface area contributed by atoms with Crippen LogP contribution in [0.15, 0.2) is 18.2 Å². The minimum atomic E-state index is -1.31. The number of hydrogen-bond acceptors (Lipinski definition) is 5. The number of hydrogen-bond donors (Lipinski definition) is 1. The van der Waals surface area contributed by atoms with E-state index in [4.69, 9.17) is 9.47 Å². The summed E-state index contributed by atoms with van der Waals surface area (Å²) < 4.78 is 15.4. The molecule has 1 fully saturated rings. The first-order valence-corrected chi connectivity index (χ1v) is 6.22. The number of methoxy groups -OCH3 is 2. The van der Waals surface area contributed by atoms with Gasteiger partial charge in [-0.2, -0.15) is 0 Å². The molecule has 0 spiro atoms. The molecule has 1 unspecified atom stereocenters. The Kier molecular flexibility index (Phi) is 4.27. The Morgan fingerprint density at radius 2 is 2.11 bits per heavy atom. The number of carbonyl (C=O) groups is 1. The fourth-order valence-electron chi connectivity index (χ4n) is 1.72. The van der Waals surface area contributed by atoms with E-state index in [1.54, 1.807) is 25.3 Å². The molecule has 1 N–H and O–H groups in total. The molecular weight excluding hydrogens is 248 g/mol. The second-order valence-corrected chi connectivity index (χ2v) is 4.59. The first kappa shape index (κ1) is 13.7. The summed E-state index contributed by atoms with van der Waals surface area (Å²) >= 11 is 0. The third-order valence-electron chi connectivity index (χ3n) is 3.10. The summed E-state index contributed by atoms with van der Waals surface area (Å²) in [5.41, 5.74) is 0.429. The van der Waals surface area contributed by atoms with Crippen LogP contribution >= 0.6 is 0 Å². The molecule has 0 bridgehead atoms. The Morgan fingerprint density at radius 1 is 1.37 bits per heavy atom. The predicted molar refractivity (Wildman–Crippen MR) is 68.2 cm³/mol. The minimum absolute atomic E-state index is 0.429. The van der Waals surface area contributed by atoms with Gasteiger partial charge in [0.25, 0.3) is 0 Å². The van der Waals surface area contributed by atoms with Crippen LogP contribution in [0, 0.1) is 5.92 Å². The highest BCUT2D eigenvalue weighted by Gasteiger charge is 2.24. The maximum absolute atomic E-state index is 11.3. The lowest BCUT2D eigenvalue weighted by molar-refractivity contribution is -0.150. The smallest absolute Gasteiger partial charge is 0.339 e. The summed E-state index contributed by atoms with van der Waals surface area (Å²) in [4.78, 5) is 11.3. The van der Waals surface area contributed by atoms with E-state index in [1.165, 1.54) is 20.0 Å². The summed E-state index contributed by atoms with van der Waals surface area (Å²) in [6.45, 7) is 0.633. The van der Waals surface area contributed by atoms with Crippen LogP contribution in [0.4, 0.5) is 0 Å². The van der Waals surface area contributed by atoms with Gasteiger partial charge in [0.2, 0.25) is 0 Å². The van der Waals surface area contributed by atoms with E-state index in [-0.39, 0.29) is 0 Å². The predicted octanol–water partition coefficient (Wildman–Crippen LogP) is 1.69. The van der Waals surface area contributed by atoms with Crippen LogP contribution in [0.25, 0.3) is 0 Å². The van der Waals surface area contributed by atoms with Gasteiger partial charge in [0.05, 0.1) is 20.8 Å². The summed E-state index contributed by atoms with van der Waals surface area (Å²) in [5.74, 6) is 1.04. The van der Waals surface area contributed by atoms with Gasteiger partial charge < -0.3 is 19.3 Å². The molecule has 1 aliphatic rings. The standard InChI is InChI=1S/C14H18O5/c1-17-11-6-5-10(13(15)14(16)18-2)7-12(11)19-8-9-3-4-9/h5-7,9,13,15H,3-4,8H2,1-2H3. The monoisotopic (exact) mass is 266 g/mol. The van der Waals surface area contributed by atoms with Crippen LogP contribution in [0.1, 0.15) is 24.5 Å². The fourth-order valence-corrected chi connectivity index (χ4v) is 1.72. The quantitative estimate of drug-likeness (QED) is 0.794. The van der Waals surface area contributed by atoms with Crippen molar-refractivity contribution >= 4 is 5.97 Å². The average Bonchev–Trinajstić information content (AvgIpc) is 3.27. The van der Waals surface area contributed by atoms with Gasteiger partial charge >= 0.3 is 5.97 Å². The van der Waals surface area contributed by atoms with Gasteiger partial charge in [-0.3, -0.25) is 0 Å². The maximum Gasteiger partial charge on any atom is 0.339 e. The van der Waals surface area contributed by atoms with Gasteiger partial charge in [-0.15, -0.1) is 0 Å². The normalized spacial score (nSPS) is 15.7. The highest BCUT2D eigenvalue weighted by molar-refractivity contribution is 5.76. The molecule has 1 saturated carbocycles. The largest absolute Gasteiger partial charge is 0.493 e. The van der Waals surface area contributed by atoms with Crippen molar-refractivity contribution < 1.29 is 24.1 Å². The molecule has 104 valence electrons. The van der Waals surface area contributed by atoms with Crippen molar-refractivity contribution in [3.05, 3.63) is 23.8 Å². The molecule has 5 heteroatoms. The lowest BCUT2D eigenvalue weighted by atomic mass is 10.1. The number of aliphatic hydroxyl groups is 1. The van der Waals surface area contributed by atoms with Gasteiger partial charge in [-0.1, -0.05) is 6.07 Å². The lowest BCUT2D eigenvalue weighted by Crippen LogP contribution is -2.13. The fraction of sp³-hybridized carbons (Fsp3) is 0.500. The van der Waals surface area contributed by atoms with Crippen molar-refractivity contribution in [3.8, 4) is 11.5 Å². The molecule has 0 heterocycles. The van der Waals surface area contributed by atoms with E-state index in [0.29, 0.717) is 29.6 Å². The van der Waals surface area contributed by atoms with Crippen molar-refractivity contribution in [2.45, 2.75) is 18.9 Å². The number of ether oxygens (including phenoxy) is 3. The van der Waals surface area contributed by atoms with E-state index >= 15 is 0 Å². The second kappa shape index (κ2) is 5.93. The van der Waals surface area contributed by atoms with Crippen LogP contribution in [0.3, 0.4) is 0 Å². The Hall–Kier alpha value is -1.75. The molecule has 0 saturated heterocycles. The Morgan fingerprint density at radius 3 is 2.68 bits per heavy atom. The molecule has 1 aromatic carbocycles. The molecule has 0 aromatic heterocycles. The van der Waals surface area contributed by atoms with Gasteiger partial charge in [-0.05, 0) is 36.5 Å². The van der Waals surface area contributed by atoms with E-state index in [2.05, 4.69) is 4.74 Å². The van der Waals surface area contributed by atoms with Crippen LogP contribution in [-0.4, -0.2) is 31.9 Å². The summed E-state index contributed by atoms with van der Waals surface area (Å²) in [7, 11) is 2.79. The number of esters is 1. The molecule has 1 aliphatic carbocycles. The van der Waals surface area contributed by atoms with Gasteiger partial charge in [0, 0.05) is 0 Å². The Labute approximate surface area is 112 Å². The molecule has 1 aromatic rings. The Bertz CT molecular complexity index is 453. The highest BCUT2D eigenvalue weighted by atomic mass is 16.5. The number of rotatable bonds is 6. The second-order valence-electron chi connectivity index (χ2n) is 4.59. The topological polar surface area (TPSA) is 65.0 Å². The number of carbonyl (C=O) groups excluding carboxylic acids is 1. The van der Waals surface area contributed by atoms with E-state index < -0.39 is 12.1 Å². The first-order chi connectivity index (χ1) is 9.15. The van der Waals surface area contributed by atoms with Crippen LogP contribution in [0.2, 0.25) is 0 Å². The van der Waals surface area contributed by atoms with Crippen molar-refractivity contribution in [2.75, 3.05) is 20.8 Å². The van der Waals surface area contributed by atoms with Crippen molar-refractivity contribution in [2.24, 2.45) is 5.92 Å². The summed E-state index contributed by atoms with van der Waals surface area (Å²) in [6.07, 6.45) is 1.07. The van der Waals surface area contributed by atoms with Crippen LogP contribution in [-0.2, 0) is 9.53 Å². The van der Waals surface area contributed by atoms with Crippen LogP contribution in [0.5, 0.6) is 11.5 Å². The average molecular weight is 266 g/mol. The molecule has 5 nitrogen and oxygen atoms in total. The van der Waals surface area contributed by atoms with Gasteiger partial charge in [0.1, 0.15) is 0 Å². The molecule has 0 radical (unpaired) electrons. The summed E-state index contributed by atoms with van der Waals surface area (Å²) in [5, 5.41) is 9.80. The molecular formula is C14H18O5. The lowest BCUT2D eigenvalue weighted by Gasteiger charge is -2.14. The molecule has 2 rings (SSSR count). The van der Waals surface area contributed by atoms with Crippen molar-refractivity contribution in [1.82, 2.24) is 0 Å². The Balaban J connectivity index is 2.15. The zero-order chi connectivity index (χ0) is 13.8. The SMILES string of the molecule is COC(=O)C(O)c1ccc(OC)c(OCC2CC2)c1. The molecule has 0 aliphatic heterocycles. The third kappa shape index (κ3) is 3.38. The van der Waals surface area contributed by atoms with Crippen LogP contribution < -0.4 is 9.47 Å². The summed E-state index contributed by atoms with van der Waals surface area (Å²) in [6, 6.07) is 4.90. The zero-order valence-corrected chi connectivity index (χ0v) is 11.1. The minimum Gasteiger partial charge on any atom is -0.493 e. The molecule has 19 heavy (non-hydrogen) atoms. The third-order valence-corrected chi connectivity index (χ3v) is 3.10. The highest BCUT2D eigenvalue weighted by Crippen LogP contribution is 2.34. The van der Waals surface area contributed by atoms with Gasteiger partial charge in [0.15, 0.2) is 17.6 Å². The van der Waals surface area contributed by atoms with E-state index in [0.717, 1.165) is 0 Å². The maximum atomic E-state index is 11.3. The van der Waals surface area contributed by atoms with Crippen molar-refractivity contribution in [1.29, 1.82) is 0 Å². The molecule has 0 amide bonds. The number of aliphatic hydroxyl groups excluding tert-OH is 1. The number of benzene rings is 1. The van der Waals surface area contributed by atoms with E-state index in [9.17, 15) is 9.90 Å². The van der Waals surface area contributed by atoms with E-state index in [1.807, 2.05) is 0 Å². The zero-order valence-electron chi connectivity index (χ0n) is 11.1. The molecule has 1 atom stereocenters. The van der Waals surface area contributed by atoms with Crippen molar-refractivity contribution in [3.63, 3.8) is 0 Å². The van der Waals surface area contributed by atoms with Gasteiger partial charge in [-0.25, -0.2) is 4.79 Å².